The molecule has 7 heteroatoms. The number of nitrogens with zero attached hydrogens (tertiary/aromatic N) is 1. The number of hydrogen-bond donors (Lipinski definition) is 2. The van der Waals surface area contributed by atoms with Crippen molar-refractivity contribution in [3.8, 4) is 0 Å². The summed E-state index contributed by atoms with van der Waals surface area (Å²) < 4.78 is 4.92. The largest absolute Gasteiger partial charge is 0.382 e. The van der Waals surface area contributed by atoms with Gasteiger partial charge in [-0.25, -0.2) is 0 Å². The molecular weight excluding hydrogens is 290 g/mol. The van der Waals surface area contributed by atoms with Crippen molar-refractivity contribution < 1.29 is 14.3 Å². The van der Waals surface area contributed by atoms with Crippen LogP contribution in [0.5, 0.6) is 0 Å². The van der Waals surface area contributed by atoms with Gasteiger partial charge < -0.3 is 15.4 Å². The minimum absolute atomic E-state index is 0.119. The van der Waals surface area contributed by atoms with Crippen molar-refractivity contribution in [3.05, 3.63) is 29.8 Å². The molecule has 1 rings (SSSR count). The molecule has 2 amide bonds. The molecule has 0 bridgehead atoms. The third-order valence-corrected chi connectivity index (χ3v) is 2.70. The Morgan fingerprint density at radius 3 is 2.57 bits per heavy atom. The molecule has 0 aliphatic carbocycles. The Morgan fingerprint density at radius 2 is 2.05 bits per heavy atom. The van der Waals surface area contributed by atoms with Crippen molar-refractivity contribution >= 4 is 34.9 Å². The van der Waals surface area contributed by atoms with E-state index >= 15 is 0 Å². The van der Waals surface area contributed by atoms with Crippen LogP contribution < -0.4 is 10.6 Å². The molecule has 0 aliphatic heterocycles. The number of nitrogens with one attached hydrogen (secondary N) is 2. The molecule has 0 fully saturated rings. The van der Waals surface area contributed by atoms with Crippen LogP contribution in [0.1, 0.15) is 12.5 Å². The van der Waals surface area contributed by atoms with E-state index in [1.165, 1.54) is 14.0 Å². The molecule has 1 aromatic rings. The van der Waals surface area contributed by atoms with E-state index in [4.69, 9.17) is 4.74 Å². The standard InChI is InChI=1S/C14H17N3O3S/c1-10(18)17-13(8-20-2)14(19)15-7-11-3-5-12(6-4-11)16-9-21/h3-6,13H,7-8H2,1-2H3,(H,15,19)(H,17,18). The fourth-order valence-corrected chi connectivity index (χ4v) is 1.75. The van der Waals surface area contributed by atoms with Gasteiger partial charge in [-0.05, 0) is 29.9 Å². The third-order valence-electron chi connectivity index (χ3n) is 2.61. The number of ether oxygens (including phenoxy) is 1. The lowest BCUT2D eigenvalue weighted by Crippen LogP contribution is -2.48. The van der Waals surface area contributed by atoms with E-state index in [9.17, 15) is 9.59 Å². The van der Waals surface area contributed by atoms with Gasteiger partial charge in [0.15, 0.2) is 0 Å². The Morgan fingerprint density at radius 1 is 1.38 bits per heavy atom. The van der Waals surface area contributed by atoms with E-state index in [-0.39, 0.29) is 18.4 Å². The highest BCUT2D eigenvalue weighted by atomic mass is 32.1. The van der Waals surface area contributed by atoms with E-state index in [1.807, 2.05) is 12.1 Å². The molecule has 0 aliphatic rings. The van der Waals surface area contributed by atoms with Crippen molar-refractivity contribution in [2.45, 2.75) is 19.5 Å². The van der Waals surface area contributed by atoms with Crippen molar-refractivity contribution in [2.75, 3.05) is 13.7 Å². The smallest absolute Gasteiger partial charge is 0.245 e. The molecule has 6 nitrogen and oxygen atoms in total. The van der Waals surface area contributed by atoms with Crippen LogP contribution in [-0.4, -0.2) is 36.7 Å². The quantitative estimate of drug-likeness (QED) is 0.586. The van der Waals surface area contributed by atoms with Crippen LogP contribution in [0.25, 0.3) is 0 Å². The Labute approximate surface area is 128 Å². The minimum atomic E-state index is -0.703. The maximum absolute atomic E-state index is 12.0. The lowest BCUT2D eigenvalue weighted by atomic mass is 10.2. The first-order valence-corrected chi connectivity index (χ1v) is 6.68. The summed E-state index contributed by atoms with van der Waals surface area (Å²) in [5.74, 6) is -0.581. The highest BCUT2D eigenvalue weighted by Gasteiger charge is 2.18. The lowest BCUT2D eigenvalue weighted by Gasteiger charge is -2.16. The number of rotatable bonds is 7. The minimum Gasteiger partial charge on any atom is -0.382 e. The monoisotopic (exact) mass is 307 g/mol. The van der Waals surface area contributed by atoms with Crippen LogP contribution >= 0.6 is 12.2 Å². The first kappa shape index (κ1) is 17.0. The molecule has 0 saturated heterocycles. The van der Waals surface area contributed by atoms with E-state index in [1.54, 1.807) is 12.1 Å². The zero-order chi connectivity index (χ0) is 15.7. The summed E-state index contributed by atoms with van der Waals surface area (Å²) in [7, 11) is 1.47. The average molecular weight is 307 g/mol. The van der Waals surface area contributed by atoms with Gasteiger partial charge in [-0.15, -0.1) is 0 Å². The van der Waals surface area contributed by atoms with Gasteiger partial charge in [-0.2, -0.15) is 4.99 Å². The van der Waals surface area contributed by atoms with Crippen molar-refractivity contribution in [2.24, 2.45) is 4.99 Å². The number of carbonyl (C=O) groups excluding carboxylic acids is 2. The molecule has 0 spiro atoms. The van der Waals surface area contributed by atoms with Crippen molar-refractivity contribution in [1.29, 1.82) is 0 Å². The zero-order valence-electron chi connectivity index (χ0n) is 11.9. The molecule has 1 aromatic carbocycles. The second-order valence-corrected chi connectivity index (χ2v) is 4.48. The van der Waals surface area contributed by atoms with Gasteiger partial charge in [-0.1, -0.05) is 12.1 Å². The summed E-state index contributed by atoms with van der Waals surface area (Å²) in [6, 6.07) is 6.51. The van der Waals surface area contributed by atoms with Crippen LogP contribution in [0.3, 0.4) is 0 Å². The molecule has 0 saturated carbocycles. The second-order valence-electron chi connectivity index (χ2n) is 4.30. The van der Waals surface area contributed by atoms with Gasteiger partial charge in [-0.3, -0.25) is 9.59 Å². The topological polar surface area (TPSA) is 79.8 Å². The number of thiocarbonyl (C=S) groups is 1. The summed E-state index contributed by atoms with van der Waals surface area (Å²) in [5, 5.41) is 7.56. The highest BCUT2D eigenvalue weighted by molar-refractivity contribution is 7.78. The maximum Gasteiger partial charge on any atom is 0.245 e. The van der Waals surface area contributed by atoms with Gasteiger partial charge in [0.1, 0.15) is 6.04 Å². The van der Waals surface area contributed by atoms with Crippen molar-refractivity contribution in [1.82, 2.24) is 10.6 Å². The summed E-state index contributed by atoms with van der Waals surface area (Å²) >= 11 is 4.52. The van der Waals surface area contributed by atoms with Crippen LogP contribution in [0.2, 0.25) is 0 Å². The number of aliphatic imine (C=N–C) groups is 1. The Balaban J connectivity index is 2.57. The number of carbonyl (C=O) groups is 2. The second kappa shape index (κ2) is 8.97. The zero-order valence-corrected chi connectivity index (χ0v) is 12.7. The summed E-state index contributed by atoms with van der Waals surface area (Å²) in [4.78, 5) is 26.8. The summed E-state index contributed by atoms with van der Waals surface area (Å²) in [6.45, 7) is 1.82. The molecule has 21 heavy (non-hydrogen) atoms. The predicted octanol–water partition coefficient (Wildman–Crippen LogP) is 1.19. The SMILES string of the molecule is COCC(NC(C)=O)C(=O)NCc1ccc(N=C=S)cc1. The first-order valence-electron chi connectivity index (χ1n) is 6.27. The summed E-state index contributed by atoms with van der Waals surface area (Å²) in [5.41, 5.74) is 1.61. The van der Waals surface area contributed by atoms with E-state index < -0.39 is 6.04 Å². The lowest BCUT2D eigenvalue weighted by molar-refractivity contribution is -0.129. The van der Waals surface area contributed by atoms with Crippen LogP contribution in [0.4, 0.5) is 5.69 Å². The number of benzene rings is 1. The van der Waals surface area contributed by atoms with Gasteiger partial charge in [0.25, 0.3) is 0 Å². The first-order chi connectivity index (χ1) is 10.1. The molecule has 1 atom stereocenters. The molecule has 1 unspecified atom stereocenters. The number of amides is 2. The number of isothiocyanates is 1. The molecule has 0 aromatic heterocycles. The van der Waals surface area contributed by atoms with E-state index in [2.05, 4.69) is 33.0 Å². The van der Waals surface area contributed by atoms with Gasteiger partial charge in [0, 0.05) is 20.6 Å². The maximum atomic E-state index is 12.0. The highest BCUT2D eigenvalue weighted by Crippen LogP contribution is 2.11. The Hall–Kier alpha value is -2.08. The average Bonchev–Trinajstić information content (AvgIpc) is 2.45. The van der Waals surface area contributed by atoms with E-state index in [0.717, 1.165) is 5.56 Å². The van der Waals surface area contributed by atoms with Gasteiger partial charge >= 0.3 is 0 Å². The van der Waals surface area contributed by atoms with Crippen molar-refractivity contribution in [3.63, 3.8) is 0 Å². The Kier molecular flexibility index (Phi) is 7.25. The van der Waals surface area contributed by atoms with Crippen LogP contribution in [0, 0.1) is 0 Å². The molecule has 112 valence electrons. The Bertz CT molecular complexity index is 539. The molecule has 0 heterocycles. The predicted molar refractivity (Wildman–Crippen MR) is 82.5 cm³/mol. The van der Waals surface area contributed by atoms with Crippen LogP contribution in [0.15, 0.2) is 29.3 Å². The van der Waals surface area contributed by atoms with Gasteiger partial charge in [0.2, 0.25) is 11.8 Å². The van der Waals surface area contributed by atoms with Crippen LogP contribution in [-0.2, 0) is 20.9 Å². The fraction of sp³-hybridized carbons (Fsp3) is 0.357. The van der Waals surface area contributed by atoms with E-state index in [0.29, 0.717) is 12.2 Å². The molecular formula is C14H17N3O3S. The summed E-state index contributed by atoms with van der Waals surface area (Å²) in [6.07, 6.45) is 0. The fourth-order valence-electron chi connectivity index (χ4n) is 1.65. The third kappa shape index (κ3) is 6.27. The number of hydrogen-bond acceptors (Lipinski definition) is 5. The molecule has 2 N–H and O–H groups in total. The molecule has 0 radical (unpaired) electrons. The normalized spacial score (nSPS) is 11.1. The number of methoxy groups -OCH3 is 1. The van der Waals surface area contributed by atoms with Gasteiger partial charge in [0.05, 0.1) is 17.5 Å².